The van der Waals surface area contributed by atoms with Crippen LogP contribution in [0.15, 0.2) is 48.8 Å². The minimum atomic E-state index is -0.719. The molecule has 2 aliphatic heterocycles. The van der Waals surface area contributed by atoms with Gasteiger partial charge in [0.25, 0.3) is 0 Å². The number of nitrogens with one attached hydrogen (secondary N) is 4. The van der Waals surface area contributed by atoms with Crippen LogP contribution in [0.5, 0.6) is 23.0 Å². The number of piperidine rings is 1. The van der Waals surface area contributed by atoms with Crippen molar-refractivity contribution in [3.05, 3.63) is 60.4 Å². The highest BCUT2D eigenvalue weighted by Gasteiger charge is 2.36. The number of fused-ring (bicyclic) bond motifs is 2. The molecule has 326 valence electrons. The van der Waals surface area contributed by atoms with Crippen LogP contribution < -0.4 is 20.1 Å². The van der Waals surface area contributed by atoms with Crippen molar-refractivity contribution in [1.82, 2.24) is 40.4 Å². The van der Waals surface area contributed by atoms with E-state index in [1.165, 1.54) is 20.6 Å². The minimum absolute atomic E-state index is 0.130. The summed E-state index contributed by atoms with van der Waals surface area (Å²) in [6.45, 7) is 15.3. The quantitative estimate of drug-likeness (QED) is 0.0892. The van der Waals surface area contributed by atoms with Crippen LogP contribution in [0.3, 0.4) is 0 Å². The van der Waals surface area contributed by atoms with E-state index in [4.69, 9.17) is 19.2 Å². The Morgan fingerprint density at radius 1 is 0.867 bits per heavy atom. The summed E-state index contributed by atoms with van der Waals surface area (Å²) in [4.78, 5) is 69.4. The van der Waals surface area contributed by atoms with Gasteiger partial charge in [-0.3, -0.25) is 9.59 Å². The molecule has 4 amide bonds. The number of unbranched alkanes of at least 4 members (excludes halogenated alkanes) is 1. The first-order valence-corrected chi connectivity index (χ1v) is 21.0. The monoisotopic (exact) mass is 830 g/mol. The summed E-state index contributed by atoms with van der Waals surface area (Å²) in [5.74, 6) is 2.92. The average Bonchev–Trinajstić information content (AvgIpc) is 3.96. The molecule has 4 aromatic rings. The lowest BCUT2D eigenvalue weighted by Crippen LogP contribution is -2.53. The molecular weight excluding hydrogens is 769 g/mol. The fraction of sp³-hybridized carbons (Fsp3) is 0.500. The molecule has 6 rings (SSSR count). The number of H-pyrrole nitrogens is 2. The number of hydrogen-bond donors (Lipinski definition) is 4. The van der Waals surface area contributed by atoms with Gasteiger partial charge in [-0.15, -0.1) is 0 Å². The Balaban J connectivity index is 0.00000152. The zero-order chi connectivity index (χ0) is 43.8. The lowest BCUT2D eigenvalue weighted by Gasteiger charge is -2.37. The number of rotatable bonds is 13. The van der Waals surface area contributed by atoms with E-state index in [1.807, 2.05) is 75.9 Å². The van der Waals surface area contributed by atoms with Gasteiger partial charge in [0.1, 0.15) is 24.2 Å². The Morgan fingerprint density at radius 3 is 2.05 bits per heavy atom. The zero-order valence-electron chi connectivity index (χ0n) is 36.5. The number of nitrogens with zero attached hydrogens (tertiary/aromatic N) is 4. The second-order valence-electron chi connectivity index (χ2n) is 14.6. The third-order valence-corrected chi connectivity index (χ3v) is 9.71. The van der Waals surface area contributed by atoms with Crippen molar-refractivity contribution in [3.8, 4) is 45.5 Å². The Hall–Kier alpha value is -6.06. The van der Waals surface area contributed by atoms with E-state index in [9.17, 15) is 19.2 Å². The first-order valence-electron chi connectivity index (χ1n) is 21.0. The highest BCUT2D eigenvalue weighted by Crippen LogP contribution is 2.47. The normalized spacial score (nSPS) is 14.3. The van der Waals surface area contributed by atoms with Crippen LogP contribution >= 0.6 is 0 Å². The Labute approximate surface area is 353 Å². The highest BCUT2D eigenvalue weighted by molar-refractivity contribution is 5.86. The van der Waals surface area contributed by atoms with Gasteiger partial charge in [0.2, 0.25) is 11.8 Å². The molecule has 1 saturated heterocycles. The molecule has 2 unspecified atom stereocenters. The number of hydrogen-bond acceptors (Lipinski definition) is 10. The summed E-state index contributed by atoms with van der Waals surface area (Å²) in [6, 6.07) is 10.3. The number of likely N-dealkylation sites (tertiary alicyclic amines) is 1. The molecule has 2 aromatic carbocycles. The maximum absolute atomic E-state index is 13.7. The number of imidazole rings is 2. The number of carbonyl (C=O) groups excluding carboxylic acids is 4. The molecule has 2 atom stereocenters. The molecule has 16 nitrogen and oxygen atoms in total. The first kappa shape index (κ1) is 46.6. The van der Waals surface area contributed by atoms with E-state index in [0.717, 1.165) is 54.6 Å². The topological polar surface area (TPSA) is 193 Å². The third kappa shape index (κ3) is 12.0. The van der Waals surface area contributed by atoms with Crippen molar-refractivity contribution in [2.45, 2.75) is 106 Å². The molecule has 16 heteroatoms. The lowest BCUT2D eigenvalue weighted by molar-refractivity contribution is -0.138. The van der Waals surface area contributed by atoms with Gasteiger partial charge < -0.3 is 49.3 Å². The summed E-state index contributed by atoms with van der Waals surface area (Å²) in [5, 5.41) is 5.14. The Bertz CT molecular complexity index is 2030. The molecule has 0 saturated carbocycles. The molecule has 0 spiro atoms. The molecule has 60 heavy (non-hydrogen) atoms. The van der Waals surface area contributed by atoms with E-state index in [0.29, 0.717) is 47.7 Å². The third-order valence-electron chi connectivity index (χ3n) is 9.71. The van der Waals surface area contributed by atoms with E-state index >= 15 is 0 Å². The molecular formula is C44H62N8O8. The van der Waals surface area contributed by atoms with Gasteiger partial charge in [-0.1, -0.05) is 61.3 Å². The second kappa shape index (κ2) is 22.9. The predicted molar refractivity (Wildman–Crippen MR) is 229 cm³/mol. The molecule has 0 bridgehead atoms. The number of carbonyl (C=O) groups is 4. The minimum Gasteiger partial charge on any atom is -0.453 e. The summed E-state index contributed by atoms with van der Waals surface area (Å²) >= 11 is 0. The van der Waals surface area contributed by atoms with Crippen LogP contribution in [0.2, 0.25) is 0 Å². The molecule has 4 heterocycles. The molecule has 0 radical (unpaired) electrons. The SMILES string of the molecule is CC.CCC.CCCCN(Cc1ncc(-c2ccc3c(c2)Oc2ccc(-c4cnc(C5CCCCN5C(=O)C(NC(=O)OC)C(C)C)[nH]4)cc2O3)[nH]1)C(=O)CNC(=O)OC. The number of aromatic amines is 2. The van der Waals surface area contributed by atoms with Crippen molar-refractivity contribution in [2.75, 3.05) is 33.9 Å². The van der Waals surface area contributed by atoms with Crippen molar-refractivity contribution < 1.29 is 38.1 Å². The number of aromatic nitrogens is 4. The summed E-state index contributed by atoms with van der Waals surface area (Å²) < 4.78 is 21.9. The van der Waals surface area contributed by atoms with Crippen molar-refractivity contribution in [1.29, 1.82) is 0 Å². The van der Waals surface area contributed by atoms with E-state index in [2.05, 4.69) is 44.2 Å². The summed E-state index contributed by atoms with van der Waals surface area (Å²) in [6.07, 6.45) is 7.68. The van der Waals surface area contributed by atoms with Gasteiger partial charge in [-0.05, 0) is 68.0 Å². The number of ether oxygens (including phenoxy) is 4. The smallest absolute Gasteiger partial charge is 0.407 e. The van der Waals surface area contributed by atoms with Gasteiger partial charge >= 0.3 is 12.2 Å². The predicted octanol–water partition coefficient (Wildman–Crippen LogP) is 8.73. The van der Waals surface area contributed by atoms with Crippen LogP contribution in [-0.4, -0.2) is 93.6 Å². The van der Waals surface area contributed by atoms with Crippen LogP contribution in [0.25, 0.3) is 22.5 Å². The van der Waals surface area contributed by atoms with Crippen molar-refractivity contribution in [3.63, 3.8) is 0 Å². The summed E-state index contributed by atoms with van der Waals surface area (Å²) in [7, 11) is 2.53. The van der Waals surface area contributed by atoms with Gasteiger partial charge in [0.15, 0.2) is 23.0 Å². The average molecular weight is 831 g/mol. The fourth-order valence-corrected chi connectivity index (χ4v) is 6.67. The maximum Gasteiger partial charge on any atom is 0.407 e. The molecule has 1 fully saturated rings. The zero-order valence-corrected chi connectivity index (χ0v) is 36.5. The molecule has 2 aromatic heterocycles. The summed E-state index contributed by atoms with van der Waals surface area (Å²) in [5.41, 5.74) is 3.16. The first-order chi connectivity index (χ1) is 29.0. The number of alkyl carbamates (subject to hydrolysis) is 2. The van der Waals surface area contributed by atoms with Crippen LogP contribution in [0.4, 0.5) is 9.59 Å². The number of methoxy groups -OCH3 is 2. The van der Waals surface area contributed by atoms with Crippen LogP contribution in [-0.2, 0) is 25.6 Å². The lowest BCUT2D eigenvalue weighted by atomic mass is 9.97. The van der Waals surface area contributed by atoms with Gasteiger partial charge in [0.05, 0.1) is 50.6 Å². The van der Waals surface area contributed by atoms with Gasteiger partial charge in [-0.25, -0.2) is 19.6 Å². The van der Waals surface area contributed by atoms with Crippen LogP contribution in [0.1, 0.15) is 105 Å². The largest absolute Gasteiger partial charge is 0.453 e. The van der Waals surface area contributed by atoms with E-state index < -0.39 is 18.2 Å². The van der Waals surface area contributed by atoms with Crippen LogP contribution in [0, 0.1) is 5.92 Å². The fourth-order valence-electron chi connectivity index (χ4n) is 6.67. The standard InChI is InChI=1S/C39H48N8O8.C3H8.C2H6/c1-6-7-15-46(34(48)21-42-38(50)52-4)22-33-40-19-26(43-33)24-11-13-29-31(17-24)54-30-14-12-25(18-32(30)55-29)27-20-41-36(44-27)28-10-8-9-16-47(28)37(49)35(23(2)3)45-39(51)53-5;1-3-2;1-2/h11-14,17-20,23,28,35H,6-10,15-16,21-22H2,1-5H3,(H,40,43)(H,41,44)(H,42,50)(H,45,51);3H2,1-2H3;1-2H3. The Kier molecular flexibility index (Phi) is 17.8. The second-order valence-corrected chi connectivity index (χ2v) is 14.6. The number of amides is 4. The molecule has 2 aliphatic rings. The van der Waals surface area contributed by atoms with E-state index in [1.54, 1.807) is 17.3 Å². The van der Waals surface area contributed by atoms with Crippen molar-refractivity contribution >= 4 is 24.0 Å². The van der Waals surface area contributed by atoms with Gasteiger partial charge in [0, 0.05) is 24.2 Å². The molecule has 4 N–H and O–H groups in total. The number of benzene rings is 2. The Morgan fingerprint density at radius 2 is 1.47 bits per heavy atom. The van der Waals surface area contributed by atoms with E-state index in [-0.39, 0.29) is 36.9 Å². The van der Waals surface area contributed by atoms with Crippen molar-refractivity contribution in [2.24, 2.45) is 5.92 Å². The highest BCUT2D eigenvalue weighted by atomic mass is 16.6. The maximum atomic E-state index is 13.7. The van der Waals surface area contributed by atoms with Gasteiger partial charge in [-0.2, -0.15) is 0 Å². The molecule has 0 aliphatic carbocycles.